The lowest BCUT2D eigenvalue weighted by molar-refractivity contribution is 0.0872. The van der Waals surface area contributed by atoms with E-state index in [1.165, 1.54) is 5.56 Å². The Labute approximate surface area is 110 Å². The molecule has 2 atom stereocenters. The molecule has 0 saturated carbocycles. The number of aromatic nitrogens is 2. The Balaban J connectivity index is 3.12. The van der Waals surface area contributed by atoms with Gasteiger partial charge in [0.15, 0.2) is 5.82 Å². The van der Waals surface area contributed by atoms with Gasteiger partial charge in [0.2, 0.25) is 0 Å². The van der Waals surface area contributed by atoms with Crippen LogP contribution >= 0.6 is 0 Å². The van der Waals surface area contributed by atoms with Gasteiger partial charge in [-0.1, -0.05) is 20.3 Å². The van der Waals surface area contributed by atoms with Gasteiger partial charge in [0, 0.05) is 18.5 Å². The normalized spacial score (nSPS) is 14.6. The van der Waals surface area contributed by atoms with Crippen LogP contribution in [0, 0.1) is 13.8 Å². The second-order valence-corrected chi connectivity index (χ2v) is 4.82. The van der Waals surface area contributed by atoms with Crippen LogP contribution in [-0.4, -0.2) is 23.6 Å². The maximum Gasteiger partial charge on any atom is 0.157 e. The summed E-state index contributed by atoms with van der Waals surface area (Å²) in [5.41, 5.74) is 8.95. The minimum absolute atomic E-state index is 0.00497. The molecule has 0 bridgehead atoms. The first-order valence-electron chi connectivity index (χ1n) is 6.62. The smallest absolute Gasteiger partial charge is 0.157 e. The van der Waals surface area contributed by atoms with Gasteiger partial charge in [-0.15, -0.1) is 0 Å². The van der Waals surface area contributed by atoms with Crippen molar-refractivity contribution >= 4 is 0 Å². The minimum Gasteiger partial charge on any atom is -0.373 e. The van der Waals surface area contributed by atoms with Crippen LogP contribution in [0.2, 0.25) is 0 Å². The van der Waals surface area contributed by atoms with Crippen molar-refractivity contribution in [3.63, 3.8) is 0 Å². The maximum atomic E-state index is 5.73. The molecule has 102 valence electrons. The fraction of sp³-hybridized carbons (Fsp3) is 0.714. The standard InChI is InChI=1S/C14H25N3O/c1-6-7-12(18-5)14-16-10(3)13(9(2)8-15)11(4)17-14/h9,12H,6-8,15H2,1-5H3. The van der Waals surface area contributed by atoms with Crippen molar-refractivity contribution in [2.45, 2.75) is 52.6 Å². The monoisotopic (exact) mass is 251 g/mol. The quantitative estimate of drug-likeness (QED) is 0.844. The Morgan fingerprint density at radius 3 is 2.17 bits per heavy atom. The average Bonchev–Trinajstić information content (AvgIpc) is 2.34. The fourth-order valence-corrected chi connectivity index (χ4v) is 2.34. The van der Waals surface area contributed by atoms with E-state index < -0.39 is 0 Å². The zero-order chi connectivity index (χ0) is 13.7. The molecule has 0 aliphatic heterocycles. The van der Waals surface area contributed by atoms with Crippen LogP contribution in [0.15, 0.2) is 0 Å². The molecule has 0 radical (unpaired) electrons. The Morgan fingerprint density at radius 1 is 1.22 bits per heavy atom. The van der Waals surface area contributed by atoms with Crippen molar-refractivity contribution < 1.29 is 4.74 Å². The van der Waals surface area contributed by atoms with Gasteiger partial charge in [0.25, 0.3) is 0 Å². The molecule has 2 unspecified atom stereocenters. The molecule has 1 aromatic rings. The first kappa shape index (κ1) is 15.1. The molecular weight excluding hydrogens is 226 g/mol. The largest absolute Gasteiger partial charge is 0.373 e. The number of methoxy groups -OCH3 is 1. The summed E-state index contributed by atoms with van der Waals surface area (Å²) in [5, 5.41) is 0. The average molecular weight is 251 g/mol. The van der Waals surface area contributed by atoms with Crippen molar-refractivity contribution in [1.29, 1.82) is 0 Å². The number of nitrogens with zero attached hydrogens (tertiary/aromatic N) is 2. The molecule has 1 heterocycles. The zero-order valence-electron chi connectivity index (χ0n) is 12.2. The summed E-state index contributed by atoms with van der Waals surface area (Å²) in [7, 11) is 1.71. The van der Waals surface area contributed by atoms with E-state index in [4.69, 9.17) is 10.5 Å². The van der Waals surface area contributed by atoms with Crippen LogP contribution in [0.25, 0.3) is 0 Å². The van der Waals surface area contributed by atoms with Crippen molar-refractivity contribution in [3.8, 4) is 0 Å². The molecule has 2 N–H and O–H groups in total. The first-order chi connectivity index (χ1) is 8.54. The first-order valence-corrected chi connectivity index (χ1v) is 6.62. The predicted octanol–water partition coefficient (Wildman–Crippen LogP) is 2.64. The fourth-order valence-electron chi connectivity index (χ4n) is 2.34. The Bertz CT molecular complexity index is 370. The lowest BCUT2D eigenvalue weighted by Gasteiger charge is -2.19. The van der Waals surface area contributed by atoms with E-state index in [0.717, 1.165) is 30.1 Å². The van der Waals surface area contributed by atoms with E-state index >= 15 is 0 Å². The van der Waals surface area contributed by atoms with E-state index in [2.05, 4.69) is 23.8 Å². The summed E-state index contributed by atoms with van der Waals surface area (Å²) in [5.74, 6) is 1.09. The second-order valence-electron chi connectivity index (χ2n) is 4.82. The molecular formula is C14H25N3O. The number of hydrogen-bond acceptors (Lipinski definition) is 4. The van der Waals surface area contributed by atoms with Crippen molar-refractivity contribution in [1.82, 2.24) is 9.97 Å². The molecule has 0 fully saturated rings. The van der Waals surface area contributed by atoms with Crippen molar-refractivity contribution in [2.24, 2.45) is 5.73 Å². The summed E-state index contributed by atoms with van der Waals surface area (Å²) >= 11 is 0. The van der Waals surface area contributed by atoms with E-state index in [1.807, 2.05) is 13.8 Å². The predicted molar refractivity (Wildman–Crippen MR) is 73.6 cm³/mol. The molecule has 0 aliphatic carbocycles. The molecule has 4 nitrogen and oxygen atoms in total. The number of hydrogen-bond donors (Lipinski definition) is 1. The molecule has 1 aromatic heterocycles. The topological polar surface area (TPSA) is 61.0 Å². The van der Waals surface area contributed by atoms with E-state index in [0.29, 0.717) is 12.5 Å². The summed E-state index contributed by atoms with van der Waals surface area (Å²) in [4.78, 5) is 9.20. The summed E-state index contributed by atoms with van der Waals surface area (Å²) < 4.78 is 5.46. The number of ether oxygens (including phenoxy) is 1. The lowest BCUT2D eigenvalue weighted by Crippen LogP contribution is -2.16. The molecule has 0 spiro atoms. The highest BCUT2D eigenvalue weighted by Crippen LogP contribution is 2.24. The summed E-state index contributed by atoms with van der Waals surface area (Å²) in [6.45, 7) is 8.92. The van der Waals surface area contributed by atoms with E-state index in [-0.39, 0.29) is 6.10 Å². The third-order valence-corrected chi connectivity index (χ3v) is 3.31. The minimum atomic E-state index is -0.00497. The lowest BCUT2D eigenvalue weighted by atomic mass is 9.98. The van der Waals surface area contributed by atoms with Gasteiger partial charge in [0.05, 0.1) is 0 Å². The van der Waals surface area contributed by atoms with Gasteiger partial charge in [-0.05, 0) is 38.3 Å². The van der Waals surface area contributed by atoms with E-state index in [1.54, 1.807) is 7.11 Å². The number of aryl methyl sites for hydroxylation is 2. The maximum absolute atomic E-state index is 5.73. The van der Waals surface area contributed by atoms with E-state index in [9.17, 15) is 0 Å². The molecule has 0 saturated heterocycles. The molecule has 0 amide bonds. The summed E-state index contributed by atoms with van der Waals surface area (Å²) in [6, 6.07) is 0. The molecule has 18 heavy (non-hydrogen) atoms. The Hall–Kier alpha value is -1.00. The second kappa shape index (κ2) is 6.81. The van der Waals surface area contributed by atoms with Gasteiger partial charge < -0.3 is 10.5 Å². The van der Waals surface area contributed by atoms with Crippen LogP contribution in [0.5, 0.6) is 0 Å². The molecule has 1 rings (SSSR count). The highest BCUT2D eigenvalue weighted by Gasteiger charge is 2.18. The third-order valence-electron chi connectivity index (χ3n) is 3.31. The van der Waals surface area contributed by atoms with Gasteiger partial charge in [-0.25, -0.2) is 9.97 Å². The van der Waals surface area contributed by atoms with Crippen molar-refractivity contribution in [2.75, 3.05) is 13.7 Å². The third kappa shape index (κ3) is 3.27. The van der Waals surface area contributed by atoms with Crippen molar-refractivity contribution in [3.05, 3.63) is 22.8 Å². The Morgan fingerprint density at radius 2 is 1.78 bits per heavy atom. The van der Waals surface area contributed by atoms with Crippen LogP contribution in [0.1, 0.15) is 61.5 Å². The van der Waals surface area contributed by atoms with Crippen LogP contribution in [-0.2, 0) is 4.74 Å². The zero-order valence-corrected chi connectivity index (χ0v) is 12.2. The van der Waals surface area contributed by atoms with Crippen LogP contribution in [0.3, 0.4) is 0 Å². The van der Waals surface area contributed by atoms with Crippen LogP contribution in [0.4, 0.5) is 0 Å². The molecule has 4 heteroatoms. The highest BCUT2D eigenvalue weighted by molar-refractivity contribution is 5.28. The molecule has 0 aliphatic rings. The van der Waals surface area contributed by atoms with Gasteiger partial charge in [0.1, 0.15) is 6.10 Å². The number of nitrogens with two attached hydrogens (primary N) is 1. The van der Waals surface area contributed by atoms with Gasteiger partial charge in [-0.2, -0.15) is 0 Å². The molecule has 0 aromatic carbocycles. The highest BCUT2D eigenvalue weighted by atomic mass is 16.5. The van der Waals surface area contributed by atoms with Gasteiger partial charge >= 0.3 is 0 Å². The van der Waals surface area contributed by atoms with Gasteiger partial charge in [-0.3, -0.25) is 0 Å². The van der Waals surface area contributed by atoms with Crippen LogP contribution < -0.4 is 5.73 Å². The SMILES string of the molecule is CCCC(OC)c1nc(C)c(C(C)CN)c(C)n1. The number of rotatable bonds is 6. The Kier molecular flexibility index (Phi) is 5.69. The summed E-state index contributed by atoms with van der Waals surface area (Å²) in [6.07, 6.45) is 2.00.